The van der Waals surface area contributed by atoms with Crippen LogP contribution in [0.2, 0.25) is 0 Å². The average Bonchev–Trinajstić information content (AvgIpc) is 3.78. The average molecular weight is 695 g/mol. The van der Waals surface area contributed by atoms with Crippen molar-refractivity contribution in [3.05, 3.63) is 106 Å². The lowest BCUT2D eigenvalue weighted by Gasteiger charge is -2.28. The molecule has 0 atom stereocenters. The van der Waals surface area contributed by atoms with E-state index in [1.807, 2.05) is 6.07 Å². The Kier molecular flexibility index (Phi) is 9.93. The summed E-state index contributed by atoms with van der Waals surface area (Å²) in [6.07, 6.45) is 8.37. The molecule has 0 aliphatic heterocycles. The maximum Gasteiger partial charge on any atom is 0.227 e. The van der Waals surface area contributed by atoms with Gasteiger partial charge >= 0.3 is 0 Å². The molecule has 0 spiro atoms. The minimum atomic E-state index is -0.0703. The highest BCUT2D eigenvalue weighted by Gasteiger charge is 2.30. The van der Waals surface area contributed by atoms with Crippen LogP contribution in [0.3, 0.4) is 0 Å². The second-order valence-corrected chi connectivity index (χ2v) is 17.3. The molecule has 0 bridgehead atoms. The minimum Gasteiger partial charge on any atom is -0.436 e. The van der Waals surface area contributed by atoms with Gasteiger partial charge in [-0.2, -0.15) is 0 Å². The summed E-state index contributed by atoms with van der Waals surface area (Å²) < 4.78 is 13.5. The Morgan fingerprint density at radius 1 is 0.519 bits per heavy atom. The van der Waals surface area contributed by atoms with Gasteiger partial charge in [-0.3, -0.25) is 0 Å². The number of oxazole rings is 2. The lowest BCUT2D eigenvalue weighted by atomic mass is 9.76. The molecule has 0 aliphatic rings. The molecule has 4 nitrogen and oxygen atoms in total. The SMILES string of the molecule is CCC(C)(C)c1cc(C(C)(C)CC)c2oc(-c3ccc(-c4nc5cc(C(C)(C)CC)cc(C(C)(C)CC)c5o4)c(C=Cc4ccccc4)c3)nc2c1. The maximum atomic E-state index is 6.80. The van der Waals surface area contributed by atoms with Crippen LogP contribution in [0.5, 0.6) is 0 Å². The Bertz CT molecular complexity index is 2240. The first-order valence-corrected chi connectivity index (χ1v) is 19.3. The van der Waals surface area contributed by atoms with E-state index in [4.69, 9.17) is 18.8 Å². The monoisotopic (exact) mass is 694 g/mol. The van der Waals surface area contributed by atoms with Gasteiger partial charge < -0.3 is 8.83 Å². The largest absolute Gasteiger partial charge is 0.436 e. The third-order valence-electron chi connectivity index (χ3n) is 12.3. The lowest BCUT2D eigenvalue weighted by Crippen LogP contribution is -2.20. The van der Waals surface area contributed by atoms with Crippen molar-refractivity contribution >= 4 is 34.4 Å². The van der Waals surface area contributed by atoms with Gasteiger partial charge in [0.05, 0.1) is 0 Å². The molecule has 0 fully saturated rings. The lowest BCUT2D eigenvalue weighted by molar-refractivity contribution is 0.484. The normalized spacial score (nSPS) is 13.2. The van der Waals surface area contributed by atoms with Gasteiger partial charge in [0, 0.05) is 22.3 Å². The van der Waals surface area contributed by atoms with Gasteiger partial charge in [-0.15, -0.1) is 0 Å². The van der Waals surface area contributed by atoms with Crippen molar-refractivity contribution in [3.63, 3.8) is 0 Å². The molecule has 4 heteroatoms. The van der Waals surface area contributed by atoms with E-state index in [2.05, 4.69) is 162 Å². The van der Waals surface area contributed by atoms with Crippen LogP contribution in [-0.4, -0.2) is 9.97 Å². The molecule has 2 heterocycles. The predicted molar refractivity (Wildman–Crippen MR) is 221 cm³/mol. The maximum absolute atomic E-state index is 6.80. The molecule has 6 rings (SSSR count). The molecule has 4 aromatic carbocycles. The zero-order valence-corrected chi connectivity index (χ0v) is 33.6. The Labute approximate surface area is 311 Å². The van der Waals surface area contributed by atoms with E-state index in [-0.39, 0.29) is 21.7 Å². The fraction of sp³-hybridized carbons (Fsp3) is 0.417. The van der Waals surface area contributed by atoms with Crippen molar-refractivity contribution in [2.75, 3.05) is 0 Å². The summed E-state index contributed by atoms with van der Waals surface area (Å²) in [5, 5.41) is 0. The Balaban J connectivity index is 1.55. The first-order chi connectivity index (χ1) is 24.5. The molecule has 0 unspecified atom stereocenters. The highest BCUT2D eigenvalue weighted by atomic mass is 16.4. The Morgan fingerprint density at radius 3 is 1.50 bits per heavy atom. The van der Waals surface area contributed by atoms with E-state index in [9.17, 15) is 0 Å². The van der Waals surface area contributed by atoms with Crippen LogP contribution in [0.4, 0.5) is 0 Å². The third kappa shape index (κ3) is 7.01. The molecule has 0 saturated carbocycles. The van der Waals surface area contributed by atoms with Crippen LogP contribution in [-0.2, 0) is 21.7 Å². The van der Waals surface area contributed by atoms with Crippen molar-refractivity contribution < 1.29 is 8.83 Å². The van der Waals surface area contributed by atoms with Gasteiger partial charge in [-0.1, -0.05) is 138 Å². The van der Waals surface area contributed by atoms with Crippen molar-refractivity contribution in [2.24, 2.45) is 0 Å². The summed E-state index contributed by atoms with van der Waals surface area (Å²) in [6, 6.07) is 25.9. The van der Waals surface area contributed by atoms with Gasteiger partial charge in [0.25, 0.3) is 0 Å². The Hall–Kier alpha value is -4.44. The minimum absolute atomic E-state index is 0.0238. The van der Waals surface area contributed by atoms with Crippen LogP contribution in [0.15, 0.2) is 81.6 Å². The molecule has 0 N–H and O–H groups in total. The van der Waals surface area contributed by atoms with E-state index in [1.54, 1.807) is 0 Å². The van der Waals surface area contributed by atoms with Crippen LogP contribution >= 0.6 is 0 Å². The molecule has 2 aromatic heterocycles. The number of nitrogens with zero attached hydrogens (tertiary/aromatic N) is 2. The summed E-state index contributed by atoms with van der Waals surface area (Å²) in [6.45, 7) is 27.4. The molecule has 6 aromatic rings. The highest BCUT2D eigenvalue weighted by molar-refractivity contribution is 5.87. The third-order valence-corrected chi connectivity index (χ3v) is 12.3. The molecular formula is C48H58N2O2. The van der Waals surface area contributed by atoms with Crippen molar-refractivity contribution in [2.45, 2.75) is 130 Å². The van der Waals surface area contributed by atoms with Crippen LogP contribution in [0.25, 0.3) is 57.3 Å². The van der Waals surface area contributed by atoms with Crippen LogP contribution < -0.4 is 0 Å². The van der Waals surface area contributed by atoms with Gasteiger partial charge in [-0.05, 0) is 99.9 Å². The fourth-order valence-corrected chi connectivity index (χ4v) is 6.66. The summed E-state index contributed by atoms with van der Waals surface area (Å²) in [4.78, 5) is 10.4. The number of hydrogen-bond acceptors (Lipinski definition) is 4. The van der Waals surface area contributed by atoms with E-state index >= 15 is 0 Å². The quantitative estimate of drug-likeness (QED) is 0.120. The number of rotatable bonds is 12. The van der Waals surface area contributed by atoms with Crippen molar-refractivity contribution in [1.29, 1.82) is 0 Å². The number of benzene rings is 4. The predicted octanol–water partition coefficient (Wildman–Crippen LogP) is 14.2. The number of hydrogen-bond donors (Lipinski definition) is 0. The summed E-state index contributed by atoms with van der Waals surface area (Å²) in [5.74, 6) is 1.23. The van der Waals surface area contributed by atoms with E-state index in [0.717, 1.165) is 70.1 Å². The van der Waals surface area contributed by atoms with E-state index in [0.29, 0.717) is 11.8 Å². The van der Waals surface area contributed by atoms with E-state index < -0.39 is 0 Å². The standard InChI is InChI=1S/C48H58N2O2/c1-13-45(5,6)34-27-37(47(9,10)15-3)41-39(29-34)49-43(51-41)33-24-25-36(32(26-33)23-22-31-20-18-17-19-21-31)44-50-40-30-35(46(7,8)14-2)28-38(42(40)52-44)48(11,12)16-4/h17-30H,13-16H2,1-12H3. The molecule has 0 amide bonds. The first kappa shape index (κ1) is 37.3. The van der Waals surface area contributed by atoms with Gasteiger partial charge in [0.15, 0.2) is 11.2 Å². The number of fused-ring (bicyclic) bond motifs is 2. The van der Waals surface area contributed by atoms with Crippen LogP contribution in [0, 0.1) is 0 Å². The summed E-state index contributed by atoms with van der Waals surface area (Å²) >= 11 is 0. The van der Waals surface area contributed by atoms with Gasteiger partial charge in [0.1, 0.15) is 11.0 Å². The van der Waals surface area contributed by atoms with Gasteiger partial charge in [-0.25, -0.2) is 9.97 Å². The fourth-order valence-electron chi connectivity index (χ4n) is 6.66. The molecule has 272 valence electrons. The highest BCUT2D eigenvalue weighted by Crippen LogP contribution is 2.42. The smallest absolute Gasteiger partial charge is 0.227 e. The zero-order chi connectivity index (χ0) is 37.6. The van der Waals surface area contributed by atoms with E-state index in [1.165, 1.54) is 22.3 Å². The zero-order valence-electron chi connectivity index (χ0n) is 33.6. The van der Waals surface area contributed by atoms with Crippen molar-refractivity contribution in [1.82, 2.24) is 9.97 Å². The van der Waals surface area contributed by atoms with Crippen molar-refractivity contribution in [3.8, 4) is 22.9 Å². The first-order valence-electron chi connectivity index (χ1n) is 19.3. The van der Waals surface area contributed by atoms with Gasteiger partial charge in [0.2, 0.25) is 11.8 Å². The molecule has 0 radical (unpaired) electrons. The topological polar surface area (TPSA) is 52.1 Å². The number of aromatic nitrogens is 2. The summed E-state index contributed by atoms with van der Waals surface area (Å²) in [7, 11) is 0. The molecular weight excluding hydrogens is 637 g/mol. The molecule has 0 saturated heterocycles. The second kappa shape index (κ2) is 13.8. The molecule has 52 heavy (non-hydrogen) atoms. The summed E-state index contributed by atoms with van der Waals surface area (Å²) in [5.41, 5.74) is 12.5. The van der Waals surface area contributed by atoms with Crippen LogP contribution in [0.1, 0.15) is 142 Å². The molecule has 0 aliphatic carbocycles. The Morgan fingerprint density at radius 2 is 1.00 bits per heavy atom. The second-order valence-electron chi connectivity index (χ2n) is 17.3.